The Hall–Kier alpha value is -3.05. The molecule has 9 nitrogen and oxygen atoms in total. The molecule has 0 atom stereocenters. The van der Waals surface area contributed by atoms with Crippen molar-refractivity contribution in [3.8, 4) is 11.1 Å². The van der Waals surface area contributed by atoms with E-state index >= 15 is 4.39 Å². The summed E-state index contributed by atoms with van der Waals surface area (Å²) in [5.41, 5.74) is 0.768. The molecule has 0 saturated heterocycles. The van der Waals surface area contributed by atoms with Gasteiger partial charge in [0.2, 0.25) is 16.0 Å². The monoisotopic (exact) mass is 584 g/mol. The van der Waals surface area contributed by atoms with Crippen molar-refractivity contribution in [3.05, 3.63) is 46.6 Å². The van der Waals surface area contributed by atoms with Crippen molar-refractivity contribution >= 4 is 32.7 Å². The van der Waals surface area contributed by atoms with E-state index in [1.165, 1.54) is 12.1 Å². The van der Waals surface area contributed by atoms with Gasteiger partial charge in [-0.2, -0.15) is 4.98 Å². The third kappa shape index (κ3) is 6.72. The van der Waals surface area contributed by atoms with E-state index in [1.54, 1.807) is 22.9 Å². The molecule has 2 aliphatic carbocycles. The second-order valence-electron chi connectivity index (χ2n) is 12.1. The Bertz CT molecular complexity index is 1560. The van der Waals surface area contributed by atoms with E-state index in [0.29, 0.717) is 46.5 Å². The lowest BCUT2D eigenvalue weighted by molar-refractivity contribution is 0.221. The van der Waals surface area contributed by atoms with E-state index in [9.17, 15) is 13.2 Å². The molecule has 222 valence electrons. The van der Waals surface area contributed by atoms with Crippen LogP contribution in [0.4, 0.5) is 16.0 Å². The number of anilines is 2. The zero-order valence-corrected chi connectivity index (χ0v) is 25.2. The predicted molar refractivity (Wildman–Crippen MR) is 162 cm³/mol. The molecule has 2 aliphatic rings. The van der Waals surface area contributed by atoms with Crippen molar-refractivity contribution < 1.29 is 12.8 Å². The van der Waals surface area contributed by atoms with Gasteiger partial charge in [-0.15, -0.1) is 0 Å². The Kier molecular flexibility index (Phi) is 8.65. The maximum Gasteiger partial charge on any atom is 0.260 e. The summed E-state index contributed by atoms with van der Waals surface area (Å²) >= 11 is 0. The highest BCUT2D eigenvalue weighted by molar-refractivity contribution is 7.92. The summed E-state index contributed by atoms with van der Waals surface area (Å²) in [5, 5.41) is 4.12. The van der Waals surface area contributed by atoms with Gasteiger partial charge in [-0.05, 0) is 89.7 Å². The van der Waals surface area contributed by atoms with Crippen molar-refractivity contribution in [1.82, 2.24) is 19.4 Å². The molecule has 2 aromatic heterocycles. The Balaban J connectivity index is 1.38. The number of nitrogens with one attached hydrogen (secondary N) is 2. The van der Waals surface area contributed by atoms with Crippen LogP contribution in [0.25, 0.3) is 22.2 Å². The van der Waals surface area contributed by atoms with Crippen LogP contribution in [0.1, 0.15) is 71.3 Å². The van der Waals surface area contributed by atoms with Crippen LogP contribution in [0.3, 0.4) is 0 Å². The number of sulfonamides is 1. The summed E-state index contributed by atoms with van der Waals surface area (Å²) in [7, 11) is 0.571. The minimum atomic E-state index is -3.66. The molecule has 0 unspecified atom stereocenters. The van der Waals surface area contributed by atoms with Gasteiger partial charge in [0.1, 0.15) is 11.5 Å². The molecule has 0 radical (unpaired) electrons. The average Bonchev–Trinajstić information content (AvgIpc) is 2.88. The standard InChI is InChI=1S/C30H41FN6O3S/c1-19(2)37-28-22(18-32-30(34-28)33-23-9-11-24(12-10-23)36(3)4)16-25(29(37)38)21-8-13-27(26(31)17-21)35-41(39,40)15-14-20-6-5-7-20/h8,13,16-20,23-24,35H,5-7,9-12,14-15H2,1-4H3,(H,32,33,34)/t23-,24-. The molecule has 2 fully saturated rings. The van der Waals surface area contributed by atoms with Crippen LogP contribution in [0.2, 0.25) is 0 Å². The minimum Gasteiger partial charge on any atom is -0.351 e. The topological polar surface area (TPSA) is 109 Å². The third-order valence-electron chi connectivity index (χ3n) is 8.61. The molecule has 2 saturated carbocycles. The summed E-state index contributed by atoms with van der Waals surface area (Å²) in [5.74, 6) is 0.169. The molecule has 0 spiro atoms. The smallest absolute Gasteiger partial charge is 0.260 e. The molecule has 2 N–H and O–H groups in total. The van der Waals surface area contributed by atoms with E-state index in [0.717, 1.165) is 44.9 Å². The first-order chi connectivity index (χ1) is 19.5. The van der Waals surface area contributed by atoms with Crippen molar-refractivity contribution in [2.24, 2.45) is 5.92 Å². The number of fused-ring (bicyclic) bond motifs is 1. The Morgan fingerprint density at radius 1 is 1.10 bits per heavy atom. The van der Waals surface area contributed by atoms with Crippen LogP contribution in [0.15, 0.2) is 35.3 Å². The molecule has 0 amide bonds. The number of pyridine rings is 1. The largest absolute Gasteiger partial charge is 0.351 e. The number of hydrogen-bond donors (Lipinski definition) is 2. The van der Waals surface area contributed by atoms with E-state index in [-0.39, 0.29) is 29.1 Å². The highest BCUT2D eigenvalue weighted by atomic mass is 32.2. The second kappa shape index (κ2) is 12.1. The third-order valence-corrected chi connectivity index (χ3v) is 9.92. The van der Waals surface area contributed by atoms with Crippen molar-refractivity contribution in [2.75, 3.05) is 29.9 Å². The summed E-state index contributed by atoms with van der Waals surface area (Å²) in [6.45, 7) is 3.81. The van der Waals surface area contributed by atoms with Crippen molar-refractivity contribution in [2.45, 2.75) is 83.3 Å². The Labute approximate surface area is 241 Å². The maximum atomic E-state index is 15.1. The number of hydrogen-bond acceptors (Lipinski definition) is 7. The lowest BCUT2D eigenvalue weighted by atomic mass is 9.84. The molecule has 41 heavy (non-hydrogen) atoms. The molecule has 3 aromatic rings. The number of benzene rings is 1. The highest BCUT2D eigenvalue weighted by Crippen LogP contribution is 2.31. The normalized spacial score (nSPS) is 20.0. The molecule has 0 aliphatic heterocycles. The Morgan fingerprint density at radius 3 is 2.44 bits per heavy atom. The maximum absolute atomic E-state index is 15.1. The van der Waals surface area contributed by atoms with Gasteiger partial charge in [-0.3, -0.25) is 14.1 Å². The van der Waals surface area contributed by atoms with Crippen LogP contribution >= 0.6 is 0 Å². The van der Waals surface area contributed by atoms with Crippen LogP contribution in [-0.2, 0) is 10.0 Å². The van der Waals surface area contributed by atoms with E-state index < -0.39 is 15.8 Å². The van der Waals surface area contributed by atoms with Crippen molar-refractivity contribution in [3.63, 3.8) is 0 Å². The quantitative estimate of drug-likeness (QED) is 0.329. The van der Waals surface area contributed by atoms with Crippen molar-refractivity contribution in [1.29, 1.82) is 0 Å². The van der Waals surface area contributed by atoms with Crippen LogP contribution < -0.4 is 15.6 Å². The van der Waals surface area contributed by atoms with Gasteiger partial charge in [0.25, 0.3) is 5.56 Å². The zero-order chi connectivity index (χ0) is 29.3. The van der Waals surface area contributed by atoms with E-state index in [1.807, 2.05) is 13.8 Å². The number of aromatic nitrogens is 3. The first kappa shape index (κ1) is 29.4. The van der Waals surface area contributed by atoms with Crippen LogP contribution in [0.5, 0.6) is 0 Å². The van der Waals surface area contributed by atoms with Gasteiger partial charge in [0, 0.05) is 35.3 Å². The lowest BCUT2D eigenvalue weighted by Crippen LogP contribution is -2.36. The van der Waals surface area contributed by atoms with Gasteiger partial charge >= 0.3 is 0 Å². The molecule has 2 heterocycles. The number of halogens is 1. The zero-order valence-electron chi connectivity index (χ0n) is 24.4. The summed E-state index contributed by atoms with van der Waals surface area (Å²) < 4.78 is 44.1. The van der Waals surface area contributed by atoms with Gasteiger partial charge in [0.15, 0.2) is 0 Å². The lowest BCUT2D eigenvalue weighted by Gasteiger charge is -2.33. The fraction of sp³-hybridized carbons (Fsp3) is 0.567. The minimum absolute atomic E-state index is 0.0309. The highest BCUT2D eigenvalue weighted by Gasteiger charge is 2.24. The van der Waals surface area contributed by atoms with Crippen LogP contribution in [0, 0.1) is 11.7 Å². The molecule has 0 bridgehead atoms. The molecule has 1 aromatic carbocycles. The van der Waals surface area contributed by atoms with E-state index in [4.69, 9.17) is 4.98 Å². The number of rotatable bonds is 10. The molecular formula is C30H41FN6O3S. The fourth-order valence-electron chi connectivity index (χ4n) is 5.88. The summed E-state index contributed by atoms with van der Waals surface area (Å²) in [4.78, 5) is 25.2. The predicted octanol–water partition coefficient (Wildman–Crippen LogP) is 5.40. The van der Waals surface area contributed by atoms with Gasteiger partial charge in [-0.1, -0.05) is 25.3 Å². The van der Waals surface area contributed by atoms with Gasteiger partial charge in [0.05, 0.1) is 11.4 Å². The first-order valence-electron chi connectivity index (χ1n) is 14.7. The Morgan fingerprint density at radius 2 is 1.83 bits per heavy atom. The summed E-state index contributed by atoms with van der Waals surface area (Å²) in [6.07, 6.45) is 9.79. The fourth-order valence-corrected chi connectivity index (χ4v) is 7.13. The van der Waals surface area contributed by atoms with E-state index in [2.05, 4.69) is 34.0 Å². The molecule has 11 heteroatoms. The molecular weight excluding hydrogens is 543 g/mol. The van der Waals surface area contributed by atoms with Gasteiger partial charge in [-0.25, -0.2) is 17.8 Å². The number of nitrogens with zero attached hydrogens (tertiary/aromatic N) is 4. The van der Waals surface area contributed by atoms with Crippen LogP contribution in [-0.4, -0.2) is 59.8 Å². The second-order valence-corrected chi connectivity index (χ2v) is 14.0. The first-order valence-corrected chi connectivity index (χ1v) is 16.3. The average molecular weight is 585 g/mol. The van der Waals surface area contributed by atoms with Gasteiger partial charge < -0.3 is 10.2 Å². The summed E-state index contributed by atoms with van der Waals surface area (Å²) in [6, 6.07) is 6.50. The SMILES string of the molecule is CC(C)n1c(=O)c(-c2ccc(NS(=O)(=O)CCC3CCC3)c(F)c2)cc2cnc(N[C@H]3CC[C@H](N(C)C)CC3)nc21. The molecule has 5 rings (SSSR count).